The van der Waals surface area contributed by atoms with Crippen LogP contribution in [-0.4, -0.2) is 25.2 Å². The van der Waals surface area contributed by atoms with Gasteiger partial charge in [0.1, 0.15) is 0 Å². The lowest BCUT2D eigenvalue weighted by atomic mass is 10.2. The number of hydrogen-bond acceptors (Lipinski definition) is 3. The van der Waals surface area contributed by atoms with E-state index in [4.69, 9.17) is 9.47 Å². The van der Waals surface area contributed by atoms with Gasteiger partial charge in [0.2, 0.25) is 0 Å². The van der Waals surface area contributed by atoms with Crippen LogP contribution in [0.1, 0.15) is 12.5 Å². The van der Waals surface area contributed by atoms with E-state index < -0.39 is 0 Å². The Balaban J connectivity index is 2.57. The van der Waals surface area contributed by atoms with Crippen LogP contribution >= 0.6 is 27.7 Å². The molecule has 16 heavy (non-hydrogen) atoms. The molecule has 90 valence electrons. The van der Waals surface area contributed by atoms with Gasteiger partial charge in [-0.25, -0.2) is 0 Å². The van der Waals surface area contributed by atoms with Crippen molar-refractivity contribution >= 4 is 27.7 Å². The third-order valence-corrected chi connectivity index (χ3v) is 3.58. The van der Waals surface area contributed by atoms with Crippen molar-refractivity contribution in [3.05, 3.63) is 23.8 Å². The summed E-state index contributed by atoms with van der Waals surface area (Å²) in [4.78, 5) is 0. The molecule has 0 bridgehead atoms. The van der Waals surface area contributed by atoms with Crippen molar-refractivity contribution in [3.63, 3.8) is 0 Å². The van der Waals surface area contributed by atoms with Crippen molar-refractivity contribution in [2.45, 2.75) is 12.3 Å². The van der Waals surface area contributed by atoms with E-state index in [0.717, 1.165) is 34.9 Å². The van der Waals surface area contributed by atoms with Gasteiger partial charge in [-0.15, -0.1) is 0 Å². The fourth-order valence-electron chi connectivity index (χ4n) is 1.27. The molecule has 0 aliphatic carbocycles. The first-order valence-electron chi connectivity index (χ1n) is 5.25. The second kappa shape index (κ2) is 7.85. The van der Waals surface area contributed by atoms with E-state index in [1.807, 2.05) is 30.0 Å². The first-order chi connectivity index (χ1) is 7.81. The number of hydrogen-bond donors (Lipinski definition) is 0. The molecule has 0 aromatic heterocycles. The van der Waals surface area contributed by atoms with Gasteiger partial charge >= 0.3 is 0 Å². The van der Waals surface area contributed by atoms with Crippen LogP contribution in [0.15, 0.2) is 18.2 Å². The van der Waals surface area contributed by atoms with Crippen LogP contribution in [0.25, 0.3) is 0 Å². The van der Waals surface area contributed by atoms with E-state index >= 15 is 0 Å². The second-order valence-electron chi connectivity index (χ2n) is 3.16. The Morgan fingerprint density at radius 2 is 2.12 bits per heavy atom. The monoisotopic (exact) mass is 304 g/mol. The van der Waals surface area contributed by atoms with E-state index in [1.165, 1.54) is 5.56 Å². The van der Waals surface area contributed by atoms with Gasteiger partial charge in [0.15, 0.2) is 11.5 Å². The maximum absolute atomic E-state index is 5.67. The fraction of sp³-hybridized carbons (Fsp3) is 0.500. The standard InChI is InChI=1S/C12H17BrO2S/c1-3-16-7-6-15-11-5-4-10(9-13)8-12(11)14-2/h4-5,8H,3,6-7,9H2,1-2H3. The summed E-state index contributed by atoms with van der Waals surface area (Å²) in [5.41, 5.74) is 1.19. The van der Waals surface area contributed by atoms with Crippen LogP contribution in [0.2, 0.25) is 0 Å². The summed E-state index contributed by atoms with van der Waals surface area (Å²) >= 11 is 5.29. The molecule has 1 rings (SSSR count). The van der Waals surface area contributed by atoms with Crippen LogP contribution < -0.4 is 9.47 Å². The molecule has 1 aromatic carbocycles. The van der Waals surface area contributed by atoms with E-state index in [1.54, 1.807) is 7.11 Å². The smallest absolute Gasteiger partial charge is 0.161 e. The molecule has 4 heteroatoms. The Bertz CT molecular complexity index is 318. The normalized spacial score (nSPS) is 10.2. The molecule has 0 aliphatic rings. The number of alkyl halides is 1. The van der Waals surface area contributed by atoms with Gasteiger partial charge in [0.05, 0.1) is 13.7 Å². The lowest BCUT2D eigenvalue weighted by Crippen LogP contribution is -2.02. The summed E-state index contributed by atoms with van der Waals surface area (Å²) < 4.78 is 11.0. The highest BCUT2D eigenvalue weighted by molar-refractivity contribution is 9.08. The van der Waals surface area contributed by atoms with E-state index in [2.05, 4.69) is 22.9 Å². The van der Waals surface area contributed by atoms with Gasteiger partial charge in [-0.05, 0) is 23.4 Å². The topological polar surface area (TPSA) is 18.5 Å². The van der Waals surface area contributed by atoms with Crippen molar-refractivity contribution in [2.75, 3.05) is 25.2 Å². The second-order valence-corrected chi connectivity index (χ2v) is 5.12. The molecule has 0 N–H and O–H groups in total. The molecule has 2 nitrogen and oxygen atoms in total. The van der Waals surface area contributed by atoms with Gasteiger partial charge in [-0.1, -0.05) is 28.9 Å². The molecule has 0 atom stereocenters. The first-order valence-corrected chi connectivity index (χ1v) is 7.52. The molecule has 0 heterocycles. The summed E-state index contributed by atoms with van der Waals surface area (Å²) in [6.45, 7) is 2.87. The van der Waals surface area contributed by atoms with Gasteiger partial charge in [0, 0.05) is 11.1 Å². The third kappa shape index (κ3) is 4.26. The Morgan fingerprint density at radius 3 is 2.75 bits per heavy atom. The molecule has 0 saturated carbocycles. The average Bonchev–Trinajstić information content (AvgIpc) is 2.34. The molecule has 0 radical (unpaired) electrons. The molecule has 0 fully saturated rings. The number of rotatable bonds is 7. The predicted molar refractivity (Wildman–Crippen MR) is 74.1 cm³/mol. The van der Waals surface area contributed by atoms with Crippen LogP contribution in [-0.2, 0) is 5.33 Å². The molecule has 0 aliphatic heterocycles. The number of thioether (sulfide) groups is 1. The van der Waals surface area contributed by atoms with Gasteiger partial charge in [-0.3, -0.25) is 0 Å². The Hall–Kier alpha value is -0.350. The quantitative estimate of drug-likeness (QED) is 0.565. The zero-order valence-electron chi connectivity index (χ0n) is 9.66. The molecule has 0 spiro atoms. The number of methoxy groups -OCH3 is 1. The van der Waals surface area contributed by atoms with E-state index in [0.29, 0.717) is 0 Å². The lowest BCUT2D eigenvalue weighted by Gasteiger charge is -2.11. The maximum atomic E-state index is 5.67. The summed E-state index contributed by atoms with van der Waals surface area (Å²) in [5, 5.41) is 0.829. The van der Waals surface area contributed by atoms with Crippen LogP contribution in [0.4, 0.5) is 0 Å². The predicted octanol–water partition coefficient (Wildman–Crippen LogP) is 3.72. The number of ether oxygens (including phenoxy) is 2. The van der Waals surface area contributed by atoms with Crippen LogP contribution in [0, 0.1) is 0 Å². The fourth-order valence-corrected chi connectivity index (χ4v) is 2.11. The Morgan fingerprint density at radius 1 is 1.31 bits per heavy atom. The van der Waals surface area contributed by atoms with Crippen molar-refractivity contribution < 1.29 is 9.47 Å². The molecule has 0 amide bonds. The Kier molecular flexibility index (Phi) is 6.73. The van der Waals surface area contributed by atoms with Crippen molar-refractivity contribution in [3.8, 4) is 11.5 Å². The minimum absolute atomic E-state index is 0.725. The summed E-state index contributed by atoms with van der Waals surface area (Å²) in [5.74, 6) is 3.77. The first kappa shape index (κ1) is 13.7. The van der Waals surface area contributed by atoms with E-state index in [9.17, 15) is 0 Å². The average molecular weight is 305 g/mol. The third-order valence-electron chi connectivity index (χ3n) is 2.07. The molecular weight excluding hydrogens is 288 g/mol. The highest BCUT2D eigenvalue weighted by Crippen LogP contribution is 2.28. The summed E-state index contributed by atoms with van der Waals surface area (Å²) in [6, 6.07) is 6.00. The number of halogens is 1. The zero-order chi connectivity index (χ0) is 11.8. The van der Waals surface area contributed by atoms with Crippen LogP contribution in [0.3, 0.4) is 0 Å². The SMILES string of the molecule is CCSCCOc1ccc(CBr)cc1OC. The molecule has 1 aromatic rings. The van der Waals surface area contributed by atoms with Crippen molar-refractivity contribution in [2.24, 2.45) is 0 Å². The minimum atomic E-state index is 0.725. The van der Waals surface area contributed by atoms with Crippen LogP contribution in [0.5, 0.6) is 11.5 Å². The Labute approximate surface area is 110 Å². The minimum Gasteiger partial charge on any atom is -0.493 e. The number of benzene rings is 1. The lowest BCUT2D eigenvalue weighted by molar-refractivity contribution is 0.313. The summed E-state index contributed by atoms with van der Waals surface area (Å²) in [7, 11) is 1.67. The summed E-state index contributed by atoms with van der Waals surface area (Å²) in [6.07, 6.45) is 0. The van der Waals surface area contributed by atoms with Gasteiger partial charge < -0.3 is 9.47 Å². The zero-order valence-corrected chi connectivity index (χ0v) is 12.1. The largest absolute Gasteiger partial charge is 0.493 e. The maximum Gasteiger partial charge on any atom is 0.161 e. The van der Waals surface area contributed by atoms with Crippen molar-refractivity contribution in [1.29, 1.82) is 0 Å². The molecular formula is C12H17BrO2S. The van der Waals surface area contributed by atoms with E-state index in [-0.39, 0.29) is 0 Å². The molecule has 0 unspecified atom stereocenters. The highest BCUT2D eigenvalue weighted by atomic mass is 79.9. The van der Waals surface area contributed by atoms with Gasteiger partial charge in [-0.2, -0.15) is 11.8 Å². The van der Waals surface area contributed by atoms with Gasteiger partial charge in [0.25, 0.3) is 0 Å². The highest BCUT2D eigenvalue weighted by Gasteiger charge is 2.04. The molecule has 0 saturated heterocycles. The van der Waals surface area contributed by atoms with Crippen molar-refractivity contribution in [1.82, 2.24) is 0 Å².